The molecule has 0 saturated heterocycles. The Morgan fingerprint density at radius 2 is 1.90 bits per heavy atom. The van der Waals surface area contributed by atoms with Crippen LogP contribution in [0, 0.1) is 6.92 Å². The Hall–Kier alpha value is -2.36. The van der Waals surface area contributed by atoms with E-state index in [0.29, 0.717) is 11.4 Å². The Bertz CT molecular complexity index is 635. The second-order valence-electron chi connectivity index (χ2n) is 5.22. The van der Waals surface area contributed by atoms with Crippen LogP contribution in [-0.4, -0.2) is 17.9 Å². The van der Waals surface area contributed by atoms with Crippen molar-refractivity contribution >= 4 is 17.4 Å². The monoisotopic (exact) mass is 283 g/mol. The van der Waals surface area contributed by atoms with Gasteiger partial charge in [-0.1, -0.05) is 31.0 Å². The number of amides is 1. The molecule has 0 bridgehead atoms. The largest absolute Gasteiger partial charge is 0.384 e. The highest BCUT2D eigenvalue weighted by atomic mass is 16.2. The van der Waals surface area contributed by atoms with Crippen LogP contribution in [0.15, 0.2) is 36.4 Å². The van der Waals surface area contributed by atoms with E-state index in [1.165, 1.54) is 0 Å². The predicted octanol–water partition coefficient (Wildman–Crippen LogP) is 3.20. The first-order chi connectivity index (χ1) is 10.0. The van der Waals surface area contributed by atoms with E-state index in [1.807, 2.05) is 37.3 Å². The number of nitrogen functional groups attached to an aromatic ring is 1. The summed E-state index contributed by atoms with van der Waals surface area (Å²) < 4.78 is 0. The smallest absolute Gasteiger partial charge is 0.258 e. The number of benzene rings is 1. The molecule has 0 spiro atoms. The van der Waals surface area contributed by atoms with Gasteiger partial charge in [-0.3, -0.25) is 4.79 Å². The number of rotatable bonds is 4. The molecule has 0 unspecified atom stereocenters. The number of pyridine rings is 1. The van der Waals surface area contributed by atoms with Gasteiger partial charge >= 0.3 is 0 Å². The van der Waals surface area contributed by atoms with Gasteiger partial charge in [-0.2, -0.15) is 0 Å². The molecule has 2 N–H and O–H groups in total. The third kappa shape index (κ3) is 3.60. The first kappa shape index (κ1) is 15.0. The minimum absolute atomic E-state index is 0.0784. The zero-order valence-electron chi connectivity index (χ0n) is 12.8. The summed E-state index contributed by atoms with van der Waals surface area (Å²) in [4.78, 5) is 18.5. The van der Waals surface area contributed by atoms with E-state index in [-0.39, 0.29) is 5.91 Å². The number of nitrogens with zero attached hydrogens (tertiary/aromatic N) is 2. The normalized spacial score (nSPS) is 10.4. The molecule has 0 radical (unpaired) electrons. The number of aromatic nitrogens is 1. The Morgan fingerprint density at radius 3 is 2.52 bits per heavy atom. The van der Waals surface area contributed by atoms with Gasteiger partial charge < -0.3 is 10.6 Å². The van der Waals surface area contributed by atoms with Crippen molar-refractivity contribution in [1.82, 2.24) is 4.98 Å². The molecule has 0 saturated carbocycles. The van der Waals surface area contributed by atoms with Crippen molar-refractivity contribution in [2.24, 2.45) is 0 Å². The van der Waals surface area contributed by atoms with Gasteiger partial charge in [-0.15, -0.1) is 0 Å². The van der Waals surface area contributed by atoms with Crippen LogP contribution in [0.3, 0.4) is 0 Å². The molecule has 2 rings (SSSR count). The van der Waals surface area contributed by atoms with Crippen molar-refractivity contribution in [3.63, 3.8) is 0 Å². The quantitative estimate of drug-likeness (QED) is 0.937. The van der Waals surface area contributed by atoms with Gasteiger partial charge in [0.15, 0.2) is 0 Å². The Kier molecular flexibility index (Phi) is 4.58. The van der Waals surface area contributed by atoms with Crippen LogP contribution < -0.4 is 10.6 Å². The Labute approximate surface area is 125 Å². The third-order valence-corrected chi connectivity index (χ3v) is 3.38. The molecular weight excluding hydrogens is 262 g/mol. The highest BCUT2D eigenvalue weighted by Gasteiger charge is 2.15. The highest BCUT2D eigenvalue weighted by molar-refractivity contribution is 6.06. The molecule has 1 heterocycles. The van der Waals surface area contributed by atoms with Gasteiger partial charge in [0, 0.05) is 24.0 Å². The molecule has 0 atom stereocenters. The van der Waals surface area contributed by atoms with Gasteiger partial charge in [0.05, 0.1) is 0 Å². The van der Waals surface area contributed by atoms with Crippen LogP contribution in [0.4, 0.5) is 11.5 Å². The van der Waals surface area contributed by atoms with Gasteiger partial charge in [-0.05, 0) is 37.6 Å². The van der Waals surface area contributed by atoms with Crippen LogP contribution >= 0.6 is 0 Å². The lowest BCUT2D eigenvalue weighted by molar-refractivity contribution is 0.0993. The molecule has 110 valence electrons. The van der Waals surface area contributed by atoms with Crippen molar-refractivity contribution in [3.8, 4) is 0 Å². The number of hydrogen-bond donors (Lipinski definition) is 1. The predicted molar refractivity (Wildman–Crippen MR) is 86.6 cm³/mol. The number of anilines is 2. The lowest BCUT2D eigenvalue weighted by atomic mass is 10.1. The molecular formula is C17H21N3O. The highest BCUT2D eigenvalue weighted by Crippen LogP contribution is 2.18. The van der Waals surface area contributed by atoms with Crippen LogP contribution in [0.2, 0.25) is 0 Å². The van der Waals surface area contributed by atoms with E-state index in [4.69, 9.17) is 5.73 Å². The van der Waals surface area contributed by atoms with Crippen LogP contribution in [0.25, 0.3) is 0 Å². The van der Waals surface area contributed by atoms with Crippen molar-refractivity contribution in [3.05, 3.63) is 53.2 Å². The Morgan fingerprint density at radius 1 is 1.24 bits per heavy atom. The lowest BCUT2D eigenvalue weighted by Crippen LogP contribution is -2.26. The van der Waals surface area contributed by atoms with Crippen molar-refractivity contribution in [2.45, 2.75) is 26.7 Å². The topological polar surface area (TPSA) is 59.2 Å². The summed E-state index contributed by atoms with van der Waals surface area (Å²) in [5.41, 5.74) is 9.27. The number of nitrogens with two attached hydrogens (primary N) is 1. The summed E-state index contributed by atoms with van der Waals surface area (Å²) in [5.74, 6) is 0.312. The summed E-state index contributed by atoms with van der Waals surface area (Å²) in [6.07, 6.45) is 1.79. The fraction of sp³-hybridized carbons (Fsp3) is 0.294. The van der Waals surface area contributed by atoms with E-state index < -0.39 is 0 Å². The van der Waals surface area contributed by atoms with Gasteiger partial charge in [0.25, 0.3) is 5.91 Å². The zero-order valence-corrected chi connectivity index (χ0v) is 12.8. The lowest BCUT2D eigenvalue weighted by Gasteiger charge is -2.18. The van der Waals surface area contributed by atoms with Gasteiger partial charge in [-0.25, -0.2) is 4.98 Å². The fourth-order valence-corrected chi connectivity index (χ4v) is 2.20. The summed E-state index contributed by atoms with van der Waals surface area (Å²) in [7, 11) is 1.77. The molecule has 1 aromatic carbocycles. The molecule has 1 aromatic heterocycles. The zero-order chi connectivity index (χ0) is 15.4. The first-order valence-electron chi connectivity index (χ1n) is 7.12. The second-order valence-corrected chi connectivity index (χ2v) is 5.22. The van der Waals surface area contributed by atoms with E-state index in [1.54, 1.807) is 18.0 Å². The molecule has 21 heavy (non-hydrogen) atoms. The van der Waals surface area contributed by atoms with Gasteiger partial charge in [0.1, 0.15) is 5.82 Å². The average Bonchev–Trinajstić information content (AvgIpc) is 2.46. The average molecular weight is 283 g/mol. The maximum Gasteiger partial charge on any atom is 0.258 e. The summed E-state index contributed by atoms with van der Waals surface area (Å²) in [6.45, 7) is 4.09. The van der Waals surface area contributed by atoms with Crippen molar-refractivity contribution < 1.29 is 4.79 Å². The first-order valence-corrected chi connectivity index (χ1v) is 7.12. The molecule has 0 fully saturated rings. The van der Waals surface area contributed by atoms with Crippen LogP contribution in [0.5, 0.6) is 0 Å². The van der Waals surface area contributed by atoms with Crippen molar-refractivity contribution in [1.29, 1.82) is 0 Å². The number of hydrogen-bond acceptors (Lipinski definition) is 3. The third-order valence-electron chi connectivity index (χ3n) is 3.38. The SMILES string of the molecule is CCCc1cc(C(=O)N(C)c2ccc(C)cc2)cc(N)n1. The number of carbonyl (C=O) groups excluding carboxylic acids is 1. The molecule has 0 aliphatic rings. The van der Waals surface area contributed by atoms with E-state index >= 15 is 0 Å². The van der Waals surface area contributed by atoms with Crippen LogP contribution in [-0.2, 0) is 6.42 Å². The molecule has 0 aliphatic carbocycles. The molecule has 2 aromatic rings. The second kappa shape index (κ2) is 6.39. The van der Waals surface area contributed by atoms with Crippen molar-refractivity contribution in [2.75, 3.05) is 17.7 Å². The molecule has 1 amide bonds. The van der Waals surface area contributed by atoms with E-state index in [9.17, 15) is 4.79 Å². The number of aryl methyl sites for hydroxylation is 2. The van der Waals surface area contributed by atoms with Gasteiger partial charge in [0.2, 0.25) is 0 Å². The number of carbonyl (C=O) groups is 1. The fourth-order valence-electron chi connectivity index (χ4n) is 2.20. The minimum Gasteiger partial charge on any atom is -0.384 e. The molecule has 0 aliphatic heterocycles. The van der Waals surface area contributed by atoms with E-state index in [0.717, 1.165) is 29.8 Å². The van der Waals surface area contributed by atoms with E-state index in [2.05, 4.69) is 11.9 Å². The Balaban J connectivity index is 2.28. The summed E-state index contributed by atoms with van der Waals surface area (Å²) in [5, 5.41) is 0. The summed E-state index contributed by atoms with van der Waals surface area (Å²) >= 11 is 0. The summed E-state index contributed by atoms with van der Waals surface area (Å²) in [6, 6.07) is 11.3. The molecule has 4 nitrogen and oxygen atoms in total. The van der Waals surface area contributed by atoms with Crippen LogP contribution in [0.1, 0.15) is 35.0 Å². The maximum absolute atomic E-state index is 12.6. The maximum atomic E-state index is 12.6. The molecule has 4 heteroatoms. The standard InChI is InChI=1S/C17H21N3O/c1-4-5-14-10-13(11-16(18)19-14)17(21)20(3)15-8-6-12(2)7-9-15/h6-11H,4-5H2,1-3H3,(H2,18,19). The minimum atomic E-state index is -0.0784.